The normalized spacial score (nSPS) is 14.9. The van der Waals surface area contributed by atoms with Crippen molar-refractivity contribution in [3.05, 3.63) is 0 Å². The highest BCUT2D eigenvalue weighted by Crippen LogP contribution is 2.31. The van der Waals surface area contributed by atoms with E-state index >= 15 is 0 Å². The Kier molecular flexibility index (Phi) is 7.20. The molecule has 1 amide bonds. The molecule has 20 heavy (non-hydrogen) atoms. The molecule has 1 atom stereocenters. The number of carbonyl (C=O) groups excluding carboxylic acids is 1. The van der Waals surface area contributed by atoms with Crippen molar-refractivity contribution in [2.75, 3.05) is 20.3 Å². The van der Waals surface area contributed by atoms with E-state index in [0.29, 0.717) is 13.2 Å². The summed E-state index contributed by atoms with van der Waals surface area (Å²) in [5.74, 6) is -1.25. The van der Waals surface area contributed by atoms with E-state index in [1.54, 1.807) is 14.0 Å². The fourth-order valence-corrected chi connectivity index (χ4v) is 1.73. The summed E-state index contributed by atoms with van der Waals surface area (Å²) in [6, 6.07) is 0. The van der Waals surface area contributed by atoms with E-state index in [-0.39, 0.29) is 23.7 Å². The fraction of sp³-hybridized carbons (Fsp3) is 0.867. The summed E-state index contributed by atoms with van der Waals surface area (Å²) in [5.41, 5.74) is -1.09. The van der Waals surface area contributed by atoms with Crippen LogP contribution in [0, 0.1) is 16.7 Å². The predicted octanol–water partition coefficient (Wildman–Crippen LogP) is 2.30. The van der Waals surface area contributed by atoms with Gasteiger partial charge in [0.15, 0.2) is 0 Å². The molecule has 0 aromatic rings. The molecule has 5 heteroatoms. The van der Waals surface area contributed by atoms with Crippen molar-refractivity contribution < 1.29 is 19.4 Å². The summed E-state index contributed by atoms with van der Waals surface area (Å²) in [5, 5.41) is 12.1. The Hall–Kier alpha value is -1.10. The standard InChI is InChI=1S/C15H29NO4/c1-11(2)15(5,13(18)19)9-12(17)16-10-14(3,4)7-8-20-6/h11H,7-10H2,1-6H3,(H,16,17)(H,18,19). The average Bonchev–Trinajstić information content (AvgIpc) is 2.33. The van der Waals surface area contributed by atoms with Crippen molar-refractivity contribution in [3.8, 4) is 0 Å². The maximum atomic E-state index is 12.0. The molecular formula is C15H29NO4. The zero-order valence-corrected chi connectivity index (χ0v) is 13.6. The van der Waals surface area contributed by atoms with Crippen molar-refractivity contribution in [2.24, 2.45) is 16.7 Å². The molecule has 0 saturated heterocycles. The topological polar surface area (TPSA) is 75.6 Å². The first-order chi connectivity index (χ1) is 9.05. The first kappa shape index (κ1) is 18.9. The fourth-order valence-electron chi connectivity index (χ4n) is 1.73. The van der Waals surface area contributed by atoms with Gasteiger partial charge in [-0.25, -0.2) is 0 Å². The first-order valence-electron chi connectivity index (χ1n) is 7.04. The Morgan fingerprint density at radius 1 is 1.25 bits per heavy atom. The van der Waals surface area contributed by atoms with E-state index in [4.69, 9.17) is 4.74 Å². The Morgan fingerprint density at radius 3 is 2.20 bits per heavy atom. The Balaban J connectivity index is 4.46. The number of nitrogens with one attached hydrogen (secondary N) is 1. The van der Waals surface area contributed by atoms with E-state index in [2.05, 4.69) is 5.32 Å². The van der Waals surface area contributed by atoms with E-state index in [0.717, 1.165) is 6.42 Å². The Morgan fingerprint density at radius 2 is 1.80 bits per heavy atom. The second kappa shape index (κ2) is 7.62. The van der Waals surface area contributed by atoms with E-state index in [1.807, 2.05) is 27.7 Å². The number of amides is 1. The van der Waals surface area contributed by atoms with Gasteiger partial charge in [-0.2, -0.15) is 0 Å². The van der Waals surface area contributed by atoms with Crippen molar-refractivity contribution in [3.63, 3.8) is 0 Å². The monoisotopic (exact) mass is 287 g/mol. The number of aliphatic carboxylic acids is 1. The highest BCUT2D eigenvalue weighted by atomic mass is 16.5. The highest BCUT2D eigenvalue weighted by molar-refractivity contribution is 5.84. The molecule has 0 aliphatic heterocycles. The van der Waals surface area contributed by atoms with Crippen LogP contribution in [0.15, 0.2) is 0 Å². The van der Waals surface area contributed by atoms with Crippen molar-refractivity contribution in [1.82, 2.24) is 5.32 Å². The van der Waals surface area contributed by atoms with Crippen molar-refractivity contribution >= 4 is 11.9 Å². The van der Waals surface area contributed by atoms with Crippen LogP contribution in [0.25, 0.3) is 0 Å². The van der Waals surface area contributed by atoms with Crippen LogP contribution in [-0.4, -0.2) is 37.2 Å². The number of carboxylic acids is 1. The Bertz CT molecular complexity index is 339. The third-order valence-electron chi connectivity index (χ3n) is 4.04. The van der Waals surface area contributed by atoms with Gasteiger partial charge in [0.25, 0.3) is 0 Å². The lowest BCUT2D eigenvalue weighted by Gasteiger charge is -2.30. The van der Waals surface area contributed by atoms with Gasteiger partial charge < -0.3 is 15.2 Å². The van der Waals surface area contributed by atoms with E-state index in [9.17, 15) is 14.7 Å². The quantitative estimate of drug-likeness (QED) is 0.682. The maximum Gasteiger partial charge on any atom is 0.310 e. The molecule has 0 heterocycles. The van der Waals surface area contributed by atoms with Crippen LogP contribution in [0.3, 0.4) is 0 Å². The highest BCUT2D eigenvalue weighted by Gasteiger charge is 2.38. The molecule has 0 rings (SSSR count). The number of ether oxygens (including phenoxy) is 1. The lowest BCUT2D eigenvalue weighted by molar-refractivity contribution is -0.153. The number of hydrogen-bond donors (Lipinski definition) is 2. The zero-order chi connectivity index (χ0) is 16.0. The van der Waals surface area contributed by atoms with Gasteiger partial charge in [0.2, 0.25) is 5.91 Å². The molecule has 0 bridgehead atoms. The summed E-state index contributed by atoms with van der Waals surface area (Å²) in [4.78, 5) is 23.3. The second-order valence-corrected chi connectivity index (χ2v) is 6.74. The lowest BCUT2D eigenvalue weighted by atomic mass is 9.76. The predicted molar refractivity (Wildman–Crippen MR) is 78.5 cm³/mol. The van der Waals surface area contributed by atoms with Gasteiger partial charge >= 0.3 is 5.97 Å². The summed E-state index contributed by atoms with van der Waals surface area (Å²) in [6.45, 7) is 10.5. The molecule has 1 unspecified atom stereocenters. The van der Waals surface area contributed by atoms with Crippen LogP contribution in [0.1, 0.15) is 47.5 Å². The first-order valence-corrected chi connectivity index (χ1v) is 7.04. The summed E-state index contributed by atoms with van der Waals surface area (Å²) in [7, 11) is 1.65. The zero-order valence-electron chi connectivity index (χ0n) is 13.6. The van der Waals surface area contributed by atoms with Gasteiger partial charge in [-0.15, -0.1) is 0 Å². The molecular weight excluding hydrogens is 258 g/mol. The molecule has 2 N–H and O–H groups in total. The van der Waals surface area contributed by atoms with Crippen molar-refractivity contribution in [2.45, 2.75) is 47.5 Å². The van der Waals surface area contributed by atoms with Gasteiger partial charge in [0.1, 0.15) is 0 Å². The molecule has 5 nitrogen and oxygen atoms in total. The number of carbonyl (C=O) groups is 2. The molecule has 118 valence electrons. The minimum Gasteiger partial charge on any atom is -0.481 e. The van der Waals surface area contributed by atoms with Gasteiger partial charge in [0.05, 0.1) is 5.41 Å². The lowest BCUT2D eigenvalue weighted by Crippen LogP contribution is -2.41. The third-order valence-corrected chi connectivity index (χ3v) is 4.04. The molecule has 0 radical (unpaired) electrons. The van der Waals surface area contributed by atoms with Gasteiger partial charge in [-0.1, -0.05) is 27.7 Å². The molecule has 0 fully saturated rings. The van der Waals surface area contributed by atoms with Crippen LogP contribution in [0.5, 0.6) is 0 Å². The number of methoxy groups -OCH3 is 1. The van der Waals surface area contributed by atoms with Gasteiger partial charge in [-0.05, 0) is 24.7 Å². The van der Waals surface area contributed by atoms with Crippen LogP contribution < -0.4 is 5.32 Å². The maximum absolute atomic E-state index is 12.0. The van der Waals surface area contributed by atoms with Gasteiger partial charge in [0, 0.05) is 26.7 Å². The SMILES string of the molecule is COCCC(C)(C)CNC(=O)CC(C)(C(=O)O)C(C)C. The number of hydrogen-bond acceptors (Lipinski definition) is 3. The Labute approximate surface area is 122 Å². The van der Waals surface area contributed by atoms with Gasteiger partial charge in [-0.3, -0.25) is 9.59 Å². The average molecular weight is 287 g/mol. The number of rotatable bonds is 9. The summed E-state index contributed by atoms with van der Waals surface area (Å²) < 4.78 is 5.04. The van der Waals surface area contributed by atoms with Crippen LogP contribution in [0.2, 0.25) is 0 Å². The molecule has 0 saturated carbocycles. The van der Waals surface area contributed by atoms with Crippen LogP contribution in [-0.2, 0) is 14.3 Å². The third kappa shape index (κ3) is 5.90. The summed E-state index contributed by atoms with van der Waals surface area (Å²) >= 11 is 0. The van der Waals surface area contributed by atoms with Crippen LogP contribution in [0.4, 0.5) is 0 Å². The smallest absolute Gasteiger partial charge is 0.310 e. The van der Waals surface area contributed by atoms with E-state index < -0.39 is 11.4 Å². The van der Waals surface area contributed by atoms with E-state index in [1.165, 1.54) is 0 Å². The molecule has 0 aromatic heterocycles. The molecule has 0 spiro atoms. The molecule has 0 aliphatic carbocycles. The minimum absolute atomic E-state index is 0.000355. The largest absolute Gasteiger partial charge is 0.481 e. The summed E-state index contributed by atoms with van der Waals surface area (Å²) in [6.07, 6.45) is 0.838. The number of carboxylic acid groups (broad SMARTS) is 1. The minimum atomic E-state index is -1.03. The van der Waals surface area contributed by atoms with Crippen molar-refractivity contribution in [1.29, 1.82) is 0 Å². The molecule has 0 aliphatic rings. The van der Waals surface area contributed by atoms with Crippen LogP contribution >= 0.6 is 0 Å². The second-order valence-electron chi connectivity index (χ2n) is 6.74. The molecule has 0 aromatic carbocycles.